The summed E-state index contributed by atoms with van der Waals surface area (Å²) in [6.07, 6.45) is 6.84. The molecule has 1 aliphatic carbocycles. The zero-order valence-corrected chi connectivity index (χ0v) is 14.3. The fraction of sp³-hybridized carbons (Fsp3) is 0.941. The topological polar surface area (TPSA) is 30.9 Å². The van der Waals surface area contributed by atoms with E-state index in [1.807, 2.05) is 0 Å². The lowest BCUT2D eigenvalue weighted by Crippen LogP contribution is -2.42. The predicted molar refractivity (Wildman–Crippen MR) is 90.9 cm³/mol. The normalized spacial score (nSPS) is 21.1. The van der Waals surface area contributed by atoms with Gasteiger partial charge in [-0.05, 0) is 57.7 Å². The van der Waals surface area contributed by atoms with Crippen LogP contribution in [0.25, 0.3) is 0 Å². The van der Waals surface area contributed by atoms with Crippen LogP contribution in [-0.4, -0.2) is 61.6 Å². The largest absolute Gasteiger partial charge is 0.357 e. The molecule has 0 aromatic heterocycles. The van der Waals surface area contributed by atoms with Gasteiger partial charge in [0.2, 0.25) is 0 Å². The number of aliphatic imine (C=N–C) groups is 1. The Morgan fingerprint density at radius 1 is 1.19 bits per heavy atom. The summed E-state index contributed by atoms with van der Waals surface area (Å²) in [5, 5.41) is 3.49. The highest BCUT2D eigenvalue weighted by molar-refractivity contribution is 5.80. The molecule has 122 valence electrons. The van der Waals surface area contributed by atoms with Gasteiger partial charge in [0.05, 0.1) is 0 Å². The van der Waals surface area contributed by atoms with E-state index in [0.29, 0.717) is 5.41 Å². The first-order chi connectivity index (χ1) is 10.2. The van der Waals surface area contributed by atoms with Crippen molar-refractivity contribution < 1.29 is 0 Å². The Hall–Kier alpha value is -0.770. The van der Waals surface area contributed by atoms with Crippen LogP contribution in [0.1, 0.15) is 52.9 Å². The number of guanidine groups is 1. The van der Waals surface area contributed by atoms with Crippen molar-refractivity contribution in [3.63, 3.8) is 0 Å². The van der Waals surface area contributed by atoms with Crippen molar-refractivity contribution >= 4 is 5.96 Å². The molecule has 2 aliphatic rings. The third-order valence-electron chi connectivity index (χ3n) is 5.28. The summed E-state index contributed by atoms with van der Waals surface area (Å²) in [5.74, 6) is 1.15. The van der Waals surface area contributed by atoms with Gasteiger partial charge in [0, 0.05) is 26.2 Å². The van der Waals surface area contributed by atoms with Crippen molar-refractivity contribution in [1.82, 2.24) is 15.1 Å². The molecule has 21 heavy (non-hydrogen) atoms. The number of rotatable bonds is 7. The summed E-state index contributed by atoms with van der Waals surface area (Å²) >= 11 is 0. The van der Waals surface area contributed by atoms with Crippen LogP contribution >= 0.6 is 0 Å². The molecule has 2 fully saturated rings. The Balaban J connectivity index is 1.79. The van der Waals surface area contributed by atoms with E-state index < -0.39 is 0 Å². The molecule has 0 aromatic rings. The monoisotopic (exact) mass is 294 g/mol. The second-order valence-electron chi connectivity index (χ2n) is 6.64. The van der Waals surface area contributed by atoms with Gasteiger partial charge in [0.1, 0.15) is 0 Å². The van der Waals surface area contributed by atoms with Crippen LogP contribution in [0.5, 0.6) is 0 Å². The number of nitrogens with one attached hydrogen (secondary N) is 1. The van der Waals surface area contributed by atoms with Crippen molar-refractivity contribution in [2.75, 3.05) is 45.8 Å². The van der Waals surface area contributed by atoms with Crippen molar-refractivity contribution in [1.29, 1.82) is 0 Å². The fourth-order valence-electron chi connectivity index (χ4n) is 3.65. The third-order valence-corrected chi connectivity index (χ3v) is 5.28. The Kier molecular flexibility index (Phi) is 6.34. The zero-order valence-electron chi connectivity index (χ0n) is 14.3. The summed E-state index contributed by atoms with van der Waals surface area (Å²) in [7, 11) is 0. The summed E-state index contributed by atoms with van der Waals surface area (Å²) in [4.78, 5) is 9.84. The van der Waals surface area contributed by atoms with E-state index in [1.54, 1.807) is 0 Å². The molecule has 1 saturated heterocycles. The number of hydrogen-bond acceptors (Lipinski definition) is 2. The first-order valence-corrected chi connectivity index (χ1v) is 8.98. The van der Waals surface area contributed by atoms with Crippen LogP contribution in [0.2, 0.25) is 0 Å². The zero-order chi connectivity index (χ0) is 15.1. The van der Waals surface area contributed by atoms with Crippen LogP contribution in [0.15, 0.2) is 4.99 Å². The Morgan fingerprint density at radius 3 is 2.48 bits per heavy atom. The van der Waals surface area contributed by atoms with Gasteiger partial charge in [0.25, 0.3) is 0 Å². The van der Waals surface area contributed by atoms with Crippen LogP contribution in [-0.2, 0) is 0 Å². The van der Waals surface area contributed by atoms with Gasteiger partial charge in [-0.2, -0.15) is 0 Å². The second kappa shape index (κ2) is 8.02. The first-order valence-electron chi connectivity index (χ1n) is 8.98. The molecule has 0 unspecified atom stereocenters. The summed E-state index contributed by atoms with van der Waals surface area (Å²) < 4.78 is 0. The van der Waals surface area contributed by atoms with Crippen molar-refractivity contribution in [2.45, 2.75) is 52.9 Å². The van der Waals surface area contributed by atoms with Crippen LogP contribution in [0, 0.1) is 5.41 Å². The van der Waals surface area contributed by atoms with Gasteiger partial charge in [-0.15, -0.1) is 0 Å². The minimum Gasteiger partial charge on any atom is -0.357 e. The van der Waals surface area contributed by atoms with E-state index in [2.05, 4.69) is 35.9 Å². The van der Waals surface area contributed by atoms with Gasteiger partial charge in [-0.25, -0.2) is 0 Å². The van der Waals surface area contributed by atoms with Gasteiger partial charge >= 0.3 is 0 Å². The van der Waals surface area contributed by atoms with Crippen LogP contribution in [0.4, 0.5) is 0 Å². The van der Waals surface area contributed by atoms with Crippen molar-refractivity contribution in [2.24, 2.45) is 10.4 Å². The minimum atomic E-state index is 0.650. The number of likely N-dealkylation sites (tertiary alicyclic amines) is 1. The molecule has 0 radical (unpaired) electrons. The average Bonchev–Trinajstić information content (AvgIpc) is 2.92. The molecule has 4 heteroatoms. The van der Waals surface area contributed by atoms with E-state index in [1.165, 1.54) is 45.3 Å². The molecule has 4 nitrogen and oxygen atoms in total. The molecule has 1 aliphatic heterocycles. The Bertz CT molecular complexity index is 332. The molecule has 1 spiro atoms. The highest BCUT2D eigenvalue weighted by Gasteiger charge is 2.43. The standard InChI is InChI=1S/C17H34N4/c1-4-18-16(19-12-8-13-20(5-2)6-3)21-14-11-17(15-21)9-7-10-17/h4-15H2,1-3H3,(H,18,19). The van der Waals surface area contributed by atoms with E-state index in [-0.39, 0.29) is 0 Å². The number of nitrogens with zero attached hydrogens (tertiary/aromatic N) is 3. The van der Waals surface area contributed by atoms with Crippen molar-refractivity contribution in [3.05, 3.63) is 0 Å². The highest BCUT2D eigenvalue weighted by Crippen LogP contribution is 2.47. The lowest BCUT2D eigenvalue weighted by molar-refractivity contribution is 0.151. The summed E-state index contributed by atoms with van der Waals surface area (Å²) in [6.45, 7) is 14.4. The van der Waals surface area contributed by atoms with Gasteiger partial charge in [-0.3, -0.25) is 4.99 Å². The predicted octanol–water partition coefficient (Wildman–Crippen LogP) is 2.56. The van der Waals surface area contributed by atoms with Crippen LogP contribution in [0.3, 0.4) is 0 Å². The molecular formula is C17H34N4. The molecule has 0 amide bonds. The summed E-state index contributed by atoms with van der Waals surface area (Å²) in [6, 6.07) is 0. The van der Waals surface area contributed by atoms with E-state index in [9.17, 15) is 0 Å². The quantitative estimate of drug-likeness (QED) is 0.445. The SMILES string of the molecule is CCNC(=NCCCN(CC)CC)N1CCC2(CCC2)C1. The Labute approximate surface area is 131 Å². The number of hydrogen-bond donors (Lipinski definition) is 1. The fourth-order valence-corrected chi connectivity index (χ4v) is 3.65. The molecular weight excluding hydrogens is 260 g/mol. The van der Waals surface area contributed by atoms with Crippen molar-refractivity contribution in [3.8, 4) is 0 Å². The Morgan fingerprint density at radius 2 is 1.95 bits per heavy atom. The maximum absolute atomic E-state index is 4.86. The maximum Gasteiger partial charge on any atom is 0.193 e. The van der Waals surface area contributed by atoms with E-state index in [4.69, 9.17) is 4.99 Å². The molecule has 0 atom stereocenters. The smallest absolute Gasteiger partial charge is 0.193 e. The lowest BCUT2D eigenvalue weighted by atomic mass is 9.68. The molecule has 0 bridgehead atoms. The highest BCUT2D eigenvalue weighted by atomic mass is 15.3. The molecule has 0 aromatic carbocycles. The minimum absolute atomic E-state index is 0.650. The van der Waals surface area contributed by atoms with Gasteiger partial charge < -0.3 is 15.1 Å². The lowest BCUT2D eigenvalue weighted by Gasteiger charge is -2.38. The van der Waals surface area contributed by atoms with E-state index >= 15 is 0 Å². The first kappa shape index (κ1) is 16.6. The van der Waals surface area contributed by atoms with Crippen LogP contribution < -0.4 is 5.32 Å². The maximum atomic E-state index is 4.86. The second-order valence-corrected chi connectivity index (χ2v) is 6.64. The molecule has 1 heterocycles. The molecule has 2 rings (SSSR count). The van der Waals surface area contributed by atoms with Gasteiger partial charge in [-0.1, -0.05) is 20.3 Å². The molecule has 1 N–H and O–H groups in total. The third kappa shape index (κ3) is 4.35. The average molecular weight is 294 g/mol. The molecule has 1 saturated carbocycles. The van der Waals surface area contributed by atoms with E-state index in [0.717, 1.165) is 38.6 Å². The van der Waals surface area contributed by atoms with Gasteiger partial charge in [0.15, 0.2) is 5.96 Å². The summed E-state index contributed by atoms with van der Waals surface area (Å²) in [5.41, 5.74) is 0.650.